The Balaban J connectivity index is 2.46. The molecule has 0 unspecified atom stereocenters. The molecule has 21 heavy (non-hydrogen) atoms. The van der Waals surface area contributed by atoms with Gasteiger partial charge in [0.2, 0.25) is 10.0 Å². The van der Waals surface area contributed by atoms with Gasteiger partial charge in [-0.3, -0.25) is 0 Å². The van der Waals surface area contributed by atoms with Crippen LogP contribution in [0.2, 0.25) is 0 Å². The second-order valence-electron chi connectivity index (χ2n) is 4.67. The first-order chi connectivity index (χ1) is 10.0. The van der Waals surface area contributed by atoms with Crippen LogP contribution in [-0.2, 0) is 21.3 Å². The average molecular weight is 318 g/mol. The largest absolute Gasteiger partial charge is 0.381 e. The third-order valence-electron chi connectivity index (χ3n) is 2.95. The zero-order valence-corrected chi connectivity index (χ0v) is 13.1. The molecule has 0 aromatic heterocycles. The topological polar surface area (TPSA) is 81.4 Å². The molecule has 0 radical (unpaired) electrons. The second kappa shape index (κ2) is 9.09. The number of sulfonamides is 1. The summed E-state index contributed by atoms with van der Waals surface area (Å²) in [4.78, 5) is 0.0243. The molecule has 0 saturated carbocycles. The Morgan fingerprint density at radius 2 is 2.00 bits per heavy atom. The van der Waals surface area contributed by atoms with E-state index >= 15 is 0 Å². The summed E-state index contributed by atoms with van der Waals surface area (Å²) >= 11 is 0. The van der Waals surface area contributed by atoms with Crippen LogP contribution in [0, 0.1) is 5.82 Å². The SMILES string of the molecule is CCCCOCCCNS(=O)(=O)c1ccc(F)c(CN)c1. The molecule has 7 heteroatoms. The Labute approximate surface area is 125 Å². The zero-order valence-electron chi connectivity index (χ0n) is 12.3. The van der Waals surface area contributed by atoms with Crippen molar-refractivity contribution in [2.24, 2.45) is 5.73 Å². The van der Waals surface area contributed by atoms with E-state index in [0.717, 1.165) is 18.9 Å². The molecule has 3 N–H and O–H groups in total. The summed E-state index contributed by atoms with van der Waals surface area (Å²) in [5, 5.41) is 0. The van der Waals surface area contributed by atoms with E-state index in [1.165, 1.54) is 12.1 Å². The van der Waals surface area contributed by atoms with E-state index in [2.05, 4.69) is 11.6 Å². The fourth-order valence-corrected chi connectivity index (χ4v) is 2.81. The molecule has 0 fully saturated rings. The van der Waals surface area contributed by atoms with Gasteiger partial charge in [-0.1, -0.05) is 13.3 Å². The minimum Gasteiger partial charge on any atom is -0.381 e. The van der Waals surface area contributed by atoms with Crippen LogP contribution in [0.25, 0.3) is 0 Å². The summed E-state index contributed by atoms with van der Waals surface area (Å²) < 4.78 is 45.2. The quantitative estimate of drug-likeness (QED) is 0.644. The van der Waals surface area contributed by atoms with E-state index in [0.29, 0.717) is 19.6 Å². The average Bonchev–Trinajstić information content (AvgIpc) is 2.46. The third-order valence-corrected chi connectivity index (χ3v) is 4.41. The number of nitrogens with one attached hydrogen (secondary N) is 1. The fraction of sp³-hybridized carbons (Fsp3) is 0.571. The lowest BCUT2D eigenvalue weighted by molar-refractivity contribution is 0.130. The summed E-state index contributed by atoms with van der Waals surface area (Å²) in [6.07, 6.45) is 2.66. The van der Waals surface area contributed by atoms with Gasteiger partial charge in [-0.05, 0) is 31.0 Å². The highest BCUT2D eigenvalue weighted by atomic mass is 32.2. The van der Waals surface area contributed by atoms with Gasteiger partial charge in [0, 0.05) is 31.9 Å². The first-order valence-corrected chi connectivity index (χ1v) is 8.55. The summed E-state index contributed by atoms with van der Waals surface area (Å²) in [5.74, 6) is -0.499. The van der Waals surface area contributed by atoms with E-state index in [-0.39, 0.29) is 23.5 Å². The van der Waals surface area contributed by atoms with Gasteiger partial charge in [0.25, 0.3) is 0 Å². The van der Waals surface area contributed by atoms with E-state index in [1.54, 1.807) is 0 Å². The minimum atomic E-state index is -3.63. The Bertz CT molecular complexity index is 535. The van der Waals surface area contributed by atoms with Crippen molar-refractivity contribution in [1.82, 2.24) is 4.72 Å². The predicted molar refractivity (Wildman–Crippen MR) is 79.8 cm³/mol. The van der Waals surface area contributed by atoms with Crippen LogP contribution in [0.5, 0.6) is 0 Å². The van der Waals surface area contributed by atoms with Crippen molar-refractivity contribution < 1.29 is 17.5 Å². The Kier molecular flexibility index (Phi) is 7.81. The van der Waals surface area contributed by atoms with Crippen LogP contribution in [-0.4, -0.2) is 28.2 Å². The van der Waals surface area contributed by atoms with Gasteiger partial charge < -0.3 is 10.5 Å². The van der Waals surface area contributed by atoms with Gasteiger partial charge in [-0.15, -0.1) is 0 Å². The maximum absolute atomic E-state index is 13.3. The predicted octanol–water partition coefficient (Wildman–Crippen LogP) is 1.77. The lowest BCUT2D eigenvalue weighted by Gasteiger charge is -2.09. The van der Waals surface area contributed by atoms with Gasteiger partial charge in [-0.2, -0.15) is 0 Å². The molecule has 120 valence electrons. The van der Waals surface area contributed by atoms with Gasteiger partial charge in [0.1, 0.15) is 5.82 Å². The van der Waals surface area contributed by atoms with Crippen molar-refractivity contribution in [1.29, 1.82) is 0 Å². The van der Waals surface area contributed by atoms with Crippen molar-refractivity contribution >= 4 is 10.0 Å². The number of benzene rings is 1. The highest BCUT2D eigenvalue weighted by Crippen LogP contribution is 2.14. The first kappa shape index (κ1) is 18.0. The molecule has 0 heterocycles. The number of hydrogen-bond donors (Lipinski definition) is 2. The van der Waals surface area contributed by atoms with Gasteiger partial charge in [0.15, 0.2) is 0 Å². The Morgan fingerprint density at radius 3 is 2.67 bits per heavy atom. The van der Waals surface area contributed by atoms with Crippen molar-refractivity contribution in [2.75, 3.05) is 19.8 Å². The van der Waals surface area contributed by atoms with Crippen molar-refractivity contribution in [3.8, 4) is 0 Å². The van der Waals surface area contributed by atoms with Crippen LogP contribution in [0.15, 0.2) is 23.1 Å². The monoisotopic (exact) mass is 318 g/mol. The minimum absolute atomic E-state index is 0.0243. The lowest BCUT2D eigenvalue weighted by Crippen LogP contribution is -2.26. The maximum atomic E-state index is 13.3. The van der Waals surface area contributed by atoms with E-state index in [1.807, 2.05) is 0 Å². The second-order valence-corrected chi connectivity index (χ2v) is 6.44. The third kappa shape index (κ3) is 6.09. The van der Waals surface area contributed by atoms with Crippen molar-refractivity contribution in [3.05, 3.63) is 29.6 Å². The molecule has 1 aromatic rings. The normalized spacial score (nSPS) is 11.8. The van der Waals surface area contributed by atoms with Crippen LogP contribution in [0.3, 0.4) is 0 Å². The molecule has 0 atom stereocenters. The highest BCUT2D eigenvalue weighted by molar-refractivity contribution is 7.89. The highest BCUT2D eigenvalue weighted by Gasteiger charge is 2.15. The molecule has 0 aliphatic carbocycles. The molecular formula is C14H23FN2O3S. The fourth-order valence-electron chi connectivity index (χ4n) is 1.69. The number of unbranched alkanes of at least 4 members (excludes halogenated alkanes) is 1. The Hall–Kier alpha value is -1.02. The van der Waals surface area contributed by atoms with Gasteiger partial charge >= 0.3 is 0 Å². The number of hydrogen-bond acceptors (Lipinski definition) is 4. The van der Waals surface area contributed by atoms with E-state index in [4.69, 9.17) is 10.5 Å². The van der Waals surface area contributed by atoms with E-state index < -0.39 is 15.8 Å². The smallest absolute Gasteiger partial charge is 0.240 e. The Morgan fingerprint density at radius 1 is 1.29 bits per heavy atom. The number of ether oxygens (including phenoxy) is 1. The van der Waals surface area contributed by atoms with Crippen molar-refractivity contribution in [2.45, 2.75) is 37.6 Å². The summed E-state index contributed by atoms with van der Waals surface area (Å²) in [7, 11) is -3.63. The van der Waals surface area contributed by atoms with Crippen LogP contribution in [0.4, 0.5) is 4.39 Å². The molecule has 5 nitrogen and oxygen atoms in total. The first-order valence-electron chi connectivity index (χ1n) is 7.07. The number of rotatable bonds is 10. The summed E-state index contributed by atoms with van der Waals surface area (Å²) in [6.45, 7) is 3.53. The lowest BCUT2D eigenvalue weighted by atomic mass is 10.2. The number of nitrogens with two attached hydrogens (primary N) is 1. The van der Waals surface area contributed by atoms with Crippen LogP contribution >= 0.6 is 0 Å². The molecule has 1 aromatic carbocycles. The zero-order chi connectivity index (χ0) is 15.7. The van der Waals surface area contributed by atoms with Gasteiger partial charge in [-0.25, -0.2) is 17.5 Å². The van der Waals surface area contributed by atoms with Gasteiger partial charge in [0.05, 0.1) is 4.90 Å². The van der Waals surface area contributed by atoms with Crippen LogP contribution in [0.1, 0.15) is 31.7 Å². The molecule has 1 rings (SSSR count). The molecule has 0 bridgehead atoms. The van der Waals surface area contributed by atoms with E-state index in [9.17, 15) is 12.8 Å². The summed E-state index contributed by atoms with van der Waals surface area (Å²) in [6, 6.07) is 3.61. The maximum Gasteiger partial charge on any atom is 0.240 e. The standard InChI is InChI=1S/C14H23FN2O3S/c1-2-3-8-20-9-4-7-17-21(18,19)13-5-6-14(15)12(10-13)11-16/h5-6,10,17H,2-4,7-9,11,16H2,1H3. The summed E-state index contributed by atoms with van der Waals surface area (Å²) in [5.41, 5.74) is 5.55. The molecule has 0 amide bonds. The van der Waals surface area contributed by atoms with Crippen molar-refractivity contribution in [3.63, 3.8) is 0 Å². The molecule has 0 spiro atoms. The number of halogens is 1. The van der Waals surface area contributed by atoms with Crippen LogP contribution < -0.4 is 10.5 Å². The molecule has 0 aliphatic heterocycles. The molecule has 0 aliphatic rings. The molecular weight excluding hydrogens is 295 g/mol. The molecule has 0 saturated heterocycles.